The Bertz CT molecular complexity index is 677. The van der Waals surface area contributed by atoms with Crippen LogP contribution in [0, 0.1) is 11.6 Å². The molecule has 0 radical (unpaired) electrons. The van der Waals surface area contributed by atoms with Gasteiger partial charge >= 0.3 is 0 Å². The van der Waals surface area contributed by atoms with E-state index in [9.17, 15) is 13.9 Å². The molecule has 1 aliphatic heterocycles. The molecular weight excluding hydrogens is 304 g/mol. The summed E-state index contributed by atoms with van der Waals surface area (Å²) in [7, 11) is 0. The van der Waals surface area contributed by atoms with Gasteiger partial charge in [-0.15, -0.1) is 0 Å². The maximum atomic E-state index is 14.0. The lowest BCUT2D eigenvalue weighted by atomic mass is 10.0. The highest BCUT2D eigenvalue weighted by atomic mass is 19.1. The van der Waals surface area contributed by atoms with E-state index in [4.69, 9.17) is 4.52 Å². The van der Waals surface area contributed by atoms with E-state index in [2.05, 4.69) is 10.1 Å². The van der Waals surface area contributed by atoms with E-state index in [1.165, 1.54) is 6.07 Å². The lowest BCUT2D eigenvalue weighted by Crippen LogP contribution is -2.25. The van der Waals surface area contributed by atoms with Crippen molar-refractivity contribution in [3.8, 4) is 0 Å². The van der Waals surface area contributed by atoms with E-state index >= 15 is 0 Å². The maximum absolute atomic E-state index is 14.0. The summed E-state index contributed by atoms with van der Waals surface area (Å²) < 4.78 is 32.6. The van der Waals surface area contributed by atoms with Gasteiger partial charge in [0.05, 0.1) is 12.6 Å². The molecular formula is C16H19F2N3O2. The molecule has 7 heteroatoms. The molecule has 1 fully saturated rings. The van der Waals surface area contributed by atoms with Gasteiger partial charge in [-0.25, -0.2) is 8.78 Å². The first-order chi connectivity index (χ1) is 11.1. The molecule has 2 heterocycles. The van der Waals surface area contributed by atoms with Gasteiger partial charge in [-0.3, -0.25) is 4.90 Å². The normalized spacial score (nSPS) is 21.9. The van der Waals surface area contributed by atoms with Crippen molar-refractivity contribution in [1.82, 2.24) is 15.0 Å². The number of β-amino-alcohol motifs (C(OH)–C–C–N with tert-alkyl or cyclic N) is 1. The molecule has 1 saturated heterocycles. The molecule has 0 bridgehead atoms. The second-order valence-electron chi connectivity index (χ2n) is 5.85. The summed E-state index contributed by atoms with van der Waals surface area (Å²) in [6.07, 6.45) is 1.36. The number of aliphatic hydroxyl groups is 1. The number of aryl methyl sites for hydroxylation is 1. The van der Waals surface area contributed by atoms with Crippen molar-refractivity contribution in [2.24, 2.45) is 0 Å². The Balaban J connectivity index is 1.80. The van der Waals surface area contributed by atoms with Gasteiger partial charge in [-0.05, 0) is 31.0 Å². The Morgan fingerprint density at radius 3 is 3.00 bits per heavy atom. The quantitative estimate of drug-likeness (QED) is 0.916. The second-order valence-corrected chi connectivity index (χ2v) is 5.85. The molecule has 124 valence electrons. The molecule has 1 aromatic heterocycles. The number of nitrogens with zero attached hydrogens (tertiary/aromatic N) is 3. The average Bonchev–Trinajstić information content (AvgIpc) is 3.09. The molecule has 5 nitrogen and oxygen atoms in total. The van der Waals surface area contributed by atoms with Crippen LogP contribution in [0.4, 0.5) is 8.78 Å². The van der Waals surface area contributed by atoms with Crippen molar-refractivity contribution in [3.05, 3.63) is 47.1 Å². The number of aromatic nitrogens is 2. The molecule has 1 aromatic carbocycles. The first-order valence-electron chi connectivity index (χ1n) is 7.75. The highest BCUT2D eigenvalue weighted by Gasteiger charge is 2.34. The maximum Gasteiger partial charge on any atom is 0.226 e. The summed E-state index contributed by atoms with van der Waals surface area (Å²) in [5.41, 5.74) is 0.249. The van der Waals surface area contributed by atoms with Crippen LogP contribution in [0.3, 0.4) is 0 Å². The van der Waals surface area contributed by atoms with Gasteiger partial charge in [0.2, 0.25) is 5.89 Å². The highest BCUT2D eigenvalue weighted by Crippen LogP contribution is 2.34. The predicted octanol–water partition coefficient (Wildman–Crippen LogP) is 2.61. The molecule has 23 heavy (non-hydrogen) atoms. The molecule has 0 saturated carbocycles. The van der Waals surface area contributed by atoms with E-state index in [1.54, 1.807) is 0 Å². The van der Waals surface area contributed by atoms with E-state index in [0.717, 1.165) is 18.6 Å². The van der Waals surface area contributed by atoms with Crippen LogP contribution in [0.15, 0.2) is 22.7 Å². The third-order valence-corrected chi connectivity index (χ3v) is 4.02. The van der Waals surface area contributed by atoms with E-state index in [0.29, 0.717) is 37.6 Å². The van der Waals surface area contributed by atoms with Crippen molar-refractivity contribution >= 4 is 0 Å². The predicted molar refractivity (Wildman–Crippen MR) is 78.4 cm³/mol. The fourth-order valence-corrected chi connectivity index (χ4v) is 3.00. The fourth-order valence-electron chi connectivity index (χ4n) is 3.00. The smallest absolute Gasteiger partial charge is 0.226 e. The van der Waals surface area contributed by atoms with Gasteiger partial charge in [0.1, 0.15) is 11.6 Å². The number of benzene rings is 1. The molecule has 0 unspecified atom stereocenters. The molecule has 2 aromatic rings. The highest BCUT2D eigenvalue weighted by molar-refractivity contribution is 5.24. The summed E-state index contributed by atoms with van der Waals surface area (Å²) in [4.78, 5) is 6.14. The SMILES string of the molecule is CCCc1nc(CN2C[C@H](O)C[C@@H]2c2cc(F)ccc2F)no1. The summed E-state index contributed by atoms with van der Waals surface area (Å²) in [5.74, 6) is 0.0860. The third kappa shape index (κ3) is 3.56. The van der Waals surface area contributed by atoms with Crippen LogP contribution in [0.5, 0.6) is 0 Å². The monoisotopic (exact) mass is 323 g/mol. The molecule has 1 aliphatic rings. The van der Waals surface area contributed by atoms with Crippen molar-refractivity contribution < 1.29 is 18.4 Å². The molecule has 1 N–H and O–H groups in total. The largest absolute Gasteiger partial charge is 0.392 e. The topological polar surface area (TPSA) is 62.4 Å². The number of hydrogen-bond acceptors (Lipinski definition) is 5. The van der Waals surface area contributed by atoms with Crippen LogP contribution in [-0.2, 0) is 13.0 Å². The summed E-state index contributed by atoms with van der Waals surface area (Å²) >= 11 is 0. The van der Waals surface area contributed by atoms with Gasteiger partial charge in [0.15, 0.2) is 5.82 Å². The number of aliphatic hydroxyl groups excluding tert-OH is 1. The zero-order valence-corrected chi connectivity index (χ0v) is 12.9. The Kier molecular flexibility index (Phi) is 4.68. The zero-order chi connectivity index (χ0) is 16.4. The second kappa shape index (κ2) is 6.72. The van der Waals surface area contributed by atoms with Gasteiger partial charge < -0.3 is 9.63 Å². The summed E-state index contributed by atoms with van der Waals surface area (Å²) in [5, 5.41) is 13.9. The van der Waals surface area contributed by atoms with Crippen molar-refractivity contribution in [1.29, 1.82) is 0 Å². The third-order valence-electron chi connectivity index (χ3n) is 4.02. The van der Waals surface area contributed by atoms with E-state index in [1.807, 2.05) is 11.8 Å². The van der Waals surface area contributed by atoms with E-state index < -0.39 is 23.8 Å². The van der Waals surface area contributed by atoms with Gasteiger partial charge in [-0.2, -0.15) is 4.98 Å². The first-order valence-corrected chi connectivity index (χ1v) is 7.75. The summed E-state index contributed by atoms with van der Waals surface area (Å²) in [6.45, 7) is 2.70. The standard InChI is InChI=1S/C16H19F2N3O2/c1-2-3-16-19-15(20-23-16)9-21-8-11(22)7-14(21)12-6-10(17)4-5-13(12)18/h4-6,11,14,22H,2-3,7-9H2,1H3/t11-,14-/m1/s1. The van der Waals surface area contributed by atoms with Crippen molar-refractivity contribution in [3.63, 3.8) is 0 Å². The minimum Gasteiger partial charge on any atom is -0.392 e. The zero-order valence-electron chi connectivity index (χ0n) is 12.9. The van der Waals surface area contributed by atoms with Crippen molar-refractivity contribution in [2.75, 3.05) is 6.54 Å². The minimum atomic E-state index is -0.593. The van der Waals surface area contributed by atoms with E-state index in [-0.39, 0.29) is 5.56 Å². The fraction of sp³-hybridized carbons (Fsp3) is 0.500. The number of rotatable bonds is 5. The summed E-state index contributed by atoms with van der Waals surface area (Å²) in [6, 6.07) is 2.98. The van der Waals surface area contributed by atoms with Crippen LogP contribution in [0.2, 0.25) is 0 Å². The Morgan fingerprint density at radius 2 is 2.22 bits per heavy atom. The molecule has 0 aliphatic carbocycles. The number of hydrogen-bond donors (Lipinski definition) is 1. The van der Waals surface area contributed by atoms with Crippen LogP contribution >= 0.6 is 0 Å². The van der Waals surface area contributed by atoms with Gasteiger partial charge in [0, 0.05) is 24.6 Å². The Hall–Kier alpha value is -1.86. The molecule has 3 rings (SSSR count). The van der Waals surface area contributed by atoms with Crippen LogP contribution in [0.25, 0.3) is 0 Å². The Morgan fingerprint density at radius 1 is 1.39 bits per heavy atom. The minimum absolute atomic E-state index is 0.249. The lowest BCUT2D eigenvalue weighted by Gasteiger charge is -2.23. The van der Waals surface area contributed by atoms with Crippen LogP contribution in [0.1, 0.15) is 43.1 Å². The molecule has 0 spiro atoms. The lowest BCUT2D eigenvalue weighted by molar-refractivity contribution is 0.170. The van der Waals surface area contributed by atoms with Crippen LogP contribution < -0.4 is 0 Å². The van der Waals surface area contributed by atoms with Crippen molar-refractivity contribution in [2.45, 2.75) is 44.9 Å². The number of halogens is 2. The average molecular weight is 323 g/mol. The first kappa shape index (κ1) is 16.0. The molecule has 2 atom stereocenters. The van der Waals surface area contributed by atoms with Gasteiger partial charge in [-0.1, -0.05) is 12.1 Å². The van der Waals surface area contributed by atoms with Gasteiger partial charge in [0.25, 0.3) is 0 Å². The number of likely N-dealkylation sites (tertiary alicyclic amines) is 1. The van der Waals surface area contributed by atoms with Crippen LogP contribution in [-0.4, -0.2) is 32.8 Å². The molecule has 0 amide bonds. The Labute approximate surface area is 132 Å².